The number of fused-ring (bicyclic) bond motifs is 1. The Bertz CT molecular complexity index is 1580. The number of carbonyl (C=O) groups is 1. The molecule has 0 atom stereocenters. The highest BCUT2D eigenvalue weighted by atomic mass is 35.5. The highest BCUT2D eigenvalue weighted by Crippen LogP contribution is 2.39. The molecule has 45 heavy (non-hydrogen) atoms. The quantitative estimate of drug-likeness (QED) is 0.255. The van der Waals surface area contributed by atoms with Crippen molar-refractivity contribution in [3.05, 3.63) is 58.8 Å². The normalized spacial score (nSPS) is 16.5. The number of hydrogen-bond donors (Lipinski definition) is 2. The molecule has 1 aromatic heterocycles. The van der Waals surface area contributed by atoms with Crippen molar-refractivity contribution in [2.24, 2.45) is 0 Å². The summed E-state index contributed by atoms with van der Waals surface area (Å²) in [6.45, 7) is 10.3. The van der Waals surface area contributed by atoms with Crippen molar-refractivity contribution >= 4 is 45.5 Å². The van der Waals surface area contributed by atoms with Gasteiger partial charge in [0.25, 0.3) is 0 Å². The van der Waals surface area contributed by atoms with Crippen molar-refractivity contribution in [3.63, 3.8) is 0 Å². The summed E-state index contributed by atoms with van der Waals surface area (Å²) in [5, 5.41) is 17.8. The number of amides is 1. The smallest absolute Gasteiger partial charge is 0.248 e. The van der Waals surface area contributed by atoms with Crippen molar-refractivity contribution in [2.45, 2.75) is 39.2 Å². The molecule has 3 heterocycles. The Hall–Kier alpha value is -3.88. The van der Waals surface area contributed by atoms with Gasteiger partial charge in [-0.2, -0.15) is 5.26 Å². The van der Waals surface area contributed by atoms with Gasteiger partial charge in [-0.1, -0.05) is 24.6 Å². The topological polar surface area (TPSA) is 112 Å². The molecule has 0 spiro atoms. The summed E-state index contributed by atoms with van der Waals surface area (Å²) in [6, 6.07) is 11.5. The number of rotatable bonds is 11. The Kier molecular flexibility index (Phi) is 11.1. The van der Waals surface area contributed by atoms with Gasteiger partial charge in [0, 0.05) is 68.8 Å². The van der Waals surface area contributed by atoms with Crippen LogP contribution in [0.3, 0.4) is 0 Å². The number of carbonyl (C=O) groups excluding carboxylic acids is 1. The van der Waals surface area contributed by atoms with Crippen molar-refractivity contribution < 1.29 is 19.0 Å². The molecule has 3 aromatic rings. The van der Waals surface area contributed by atoms with Crippen LogP contribution in [0.4, 0.5) is 17.1 Å². The van der Waals surface area contributed by atoms with Gasteiger partial charge in [0.2, 0.25) is 5.91 Å². The highest BCUT2D eigenvalue weighted by Gasteiger charge is 2.20. The van der Waals surface area contributed by atoms with Gasteiger partial charge in [0.05, 0.1) is 53.0 Å². The van der Waals surface area contributed by atoms with E-state index in [-0.39, 0.29) is 12.0 Å². The third-order valence-corrected chi connectivity index (χ3v) is 8.35. The van der Waals surface area contributed by atoms with E-state index in [9.17, 15) is 10.1 Å². The van der Waals surface area contributed by atoms with E-state index in [1.54, 1.807) is 12.1 Å². The van der Waals surface area contributed by atoms with Gasteiger partial charge in [0.1, 0.15) is 23.7 Å². The molecule has 0 unspecified atom stereocenters. The lowest BCUT2D eigenvalue weighted by molar-refractivity contribution is -0.111. The minimum atomic E-state index is -0.260. The van der Waals surface area contributed by atoms with Crippen molar-refractivity contribution in [2.75, 3.05) is 70.2 Å². The zero-order chi connectivity index (χ0) is 31.8. The minimum Gasteiger partial charge on any atom is -0.492 e. The summed E-state index contributed by atoms with van der Waals surface area (Å²) < 4.78 is 17.5. The molecule has 5 rings (SSSR count). The summed E-state index contributed by atoms with van der Waals surface area (Å²) in [5.41, 5.74) is 3.50. The van der Waals surface area contributed by atoms with Crippen LogP contribution in [0, 0.1) is 11.3 Å². The maximum atomic E-state index is 13.0. The average Bonchev–Trinajstić information content (AvgIpc) is 3.04. The molecule has 0 saturated carbocycles. The Morgan fingerprint density at radius 1 is 1.16 bits per heavy atom. The second kappa shape index (κ2) is 15.4. The fourth-order valence-electron chi connectivity index (χ4n) is 5.53. The summed E-state index contributed by atoms with van der Waals surface area (Å²) in [6.07, 6.45) is 5.71. The lowest BCUT2D eigenvalue weighted by atomic mass is 10.0. The average molecular weight is 633 g/mol. The first-order chi connectivity index (χ1) is 21.9. The largest absolute Gasteiger partial charge is 0.492 e. The van der Waals surface area contributed by atoms with E-state index in [1.807, 2.05) is 44.2 Å². The zero-order valence-electron chi connectivity index (χ0n) is 26.2. The zero-order valence-corrected chi connectivity index (χ0v) is 27.0. The third-order valence-electron chi connectivity index (χ3n) is 8.06. The highest BCUT2D eigenvalue weighted by molar-refractivity contribution is 6.32. The van der Waals surface area contributed by atoms with Crippen LogP contribution in [-0.4, -0.2) is 86.4 Å². The fourth-order valence-corrected chi connectivity index (χ4v) is 5.75. The summed E-state index contributed by atoms with van der Waals surface area (Å²) in [7, 11) is 2.12. The number of aromatic nitrogens is 1. The lowest BCUT2D eigenvalue weighted by Gasteiger charge is -2.31. The van der Waals surface area contributed by atoms with Crippen LogP contribution < -0.4 is 20.1 Å². The number of likely N-dealkylation sites (N-methyl/N-ethyl adjacent to an activating group) is 1. The fraction of sp³-hybridized carbons (Fsp3) is 0.441. The maximum absolute atomic E-state index is 13.0. The molecule has 1 amide bonds. The molecule has 0 aliphatic carbocycles. The third kappa shape index (κ3) is 8.24. The predicted octanol–water partition coefficient (Wildman–Crippen LogP) is 5.76. The van der Waals surface area contributed by atoms with Gasteiger partial charge in [-0.3, -0.25) is 14.7 Å². The number of anilines is 3. The number of pyridine rings is 1. The number of nitrogens with one attached hydrogen (secondary N) is 2. The van der Waals surface area contributed by atoms with Gasteiger partial charge in [0.15, 0.2) is 0 Å². The second-order valence-electron chi connectivity index (χ2n) is 11.3. The van der Waals surface area contributed by atoms with E-state index >= 15 is 0 Å². The minimum absolute atomic E-state index is 0.0614. The molecule has 2 saturated heterocycles. The van der Waals surface area contributed by atoms with Crippen LogP contribution in [0.2, 0.25) is 5.02 Å². The SMILES string of the molecule is CCOc1cc2nc(CC)c(C#N)c(Nc3ccc(OC4CCOCC4)c(Cl)c3)c2cc1NC(=O)/C=C/CN1CCN(C)CC1. The van der Waals surface area contributed by atoms with E-state index in [0.29, 0.717) is 88.5 Å². The van der Waals surface area contributed by atoms with Crippen LogP contribution in [0.25, 0.3) is 10.9 Å². The molecule has 10 nitrogen and oxygen atoms in total. The van der Waals surface area contributed by atoms with E-state index < -0.39 is 0 Å². The number of hydrogen-bond acceptors (Lipinski definition) is 9. The molecular formula is C34H41ClN6O4. The summed E-state index contributed by atoms with van der Waals surface area (Å²) in [5.74, 6) is 0.855. The molecule has 2 aliphatic heterocycles. The van der Waals surface area contributed by atoms with Crippen molar-refractivity contribution in [1.82, 2.24) is 14.8 Å². The second-order valence-corrected chi connectivity index (χ2v) is 11.7. The predicted molar refractivity (Wildman–Crippen MR) is 178 cm³/mol. The molecule has 2 aliphatic rings. The molecule has 2 fully saturated rings. The molecule has 0 bridgehead atoms. The Labute approximate surface area is 269 Å². The van der Waals surface area contributed by atoms with E-state index in [2.05, 4.69) is 33.6 Å². The molecule has 238 valence electrons. The van der Waals surface area contributed by atoms with E-state index in [1.165, 1.54) is 0 Å². The number of halogens is 1. The molecule has 2 N–H and O–H groups in total. The first kappa shape index (κ1) is 32.5. The van der Waals surface area contributed by atoms with E-state index in [4.69, 9.17) is 30.8 Å². The van der Waals surface area contributed by atoms with Crippen molar-refractivity contribution in [3.8, 4) is 17.6 Å². The molecule has 11 heteroatoms. The van der Waals surface area contributed by atoms with Crippen LogP contribution in [-0.2, 0) is 16.0 Å². The first-order valence-corrected chi connectivity index (χ1v) is 16.0. The van der Waals surface area contributed by atoms with Crippen LogP contribution >= 0.6 is 11.6 Å². The van der Waals surface area contributed by atoms with Crippen LogP contribution in [0.15, 0.2) is 42.5 Å². The standard InChI is InChI=1S/C34H41ClN6O4/c1-4-28-26(22-36)34(37-23-8-9-31(27(35)19-23)45-24-10-17-43-18-11-24)25-20-30(32(44-5-2)21-29(25)38-28)39-33(42)7-6-12-41-15-13-40(3)14-16-41/h6-9,19-21,24H,4-5,10-18H2,1-3H3,(H,37,38)(H,39,42)/b7-6+. The van der Waals surface area contributed by atoms with Gasteiger partial charge in [-0.05, 0) is 44.7 Å². The molecular weight excluding hydrogens is 592 g/mol. The van der Waals surface area contributed by atoms with Crippen molar-refractivity contribution in [1.29, 1.82) is 5.26 Å². The number of piperazine rings is 1. The lowest BCUT2D eigenvalue weighted by Crippen LogP contribution is -2.44. The monoisotopic (exact) mass is 632 g/mol. The Balaban J connectivity index is 1.43. The number of nitrogens with zero attached hydrogens (tertiary/aromatic N) is 4. The summed E-state index contributed by atoms with van der Waals surface area (Å²) >= 11 is 6.65. The van der Waals surface area contributed by atoms with Gasteiger partial charge in [-0.25, -0.2) is 0 Å². The molecule has 2 aromatic carbocycles. The molecule has 0 radical (unpaired) electrons. The van der Waals surface area contributed by atoms with E-state index in [0.717, 1.165) is 39.0 Å². The first-order valence-electron chi connectivity index (χ1n) is 15.6. The van der Waals surface area contributed by atoms with Gasteiger partial charge >= 0.3 is 0 Å². The number of nitriles is 1. The Morgan fingerprint density at radius 2 is 1.93 bits per heavy atom. The number of aryl methyl sites for hydroxylation is 1. The van der Waals surface area contributed by atoms with Crippen LogP contribution in [0.1, 0.15) is 37.9 Å². The summed E-state index contributed by atoms with van der Waals surface area (Å²) in [4.78, 5) is 22.4. The number of benzene rings is 2. The maximum Gasteiger partial charge on any atom is 0.248 e. The Morgan fingerprint density at radius 3 is 2.62 bits per heavy atom. The van der Waals surface area contributed by atoms with Crippen LogP contribution in [0.5, 0.6) is 11.5 Å². The van der Waals surface area contributed by atoms with Gasteiger partial charge < -0.3 is 29.7 Å². The van der Waals surface area contributed by atoms with Gasteiger partial charge in [-0.15, -0.1) is 0 Å². The number of ether oxygens (including phenoxy) is 3.